The first kappa shape index (κ1) is 43.9. The monoisotopic (exact) mass is 1230 g/mol. The molecule has 0 N–H and O–H groups in total. The average molecular weight is 1230 g/mol. The summed E-state index contributed by atoms with van der Waals surface area (Å²) in [7, 11) is 0. The van der Waals surface area contributed by atoms with Crippen LogP contribution in [0.2, 0.25) is 0 Å². The zero-order chi connectivity index (χ0) is 61.9. The van der Waals surface area contributed by atoms with Crippen molar-refractivity contribution in [2.24, 2.45) is 0 Å². The first-order valence-corrected chi connectivity index (χ1v) is 36.1. The van der Waals surface area contributed by atoms with Crippen LogP contribution in [-0.4, -0.2) is 0 Å². The quantitative estimate of drug-likeness (QED) is 0.105. The molecule has 100 heavy (non-hydrogen) atoms. The second kappa shape index (κ2) is 12.5. The molecule has 0 aromatic heterocycles. The summed E-state index contributed by atoms with van der Waals surface area (Å²) in [5.41, 5.74) is 0. The topological polar surface area (TPSA) is 0 Å². The van der Waals surface area contributed by atoms with Gasteiger partial charge in [0.15, 0.2) is 0 Å². The third kappa shape index (κ3) is 3.57. The predicted molar refractivity (Wildman–Crippen MR) is 437 cm³/mol. The highest BCUT2D eigenvalue weighted by Crippen LogP contribution is 2.70. The molecule has 0 aliphatic carbocycles. The van der Waals surface area contributed by atoms with Crippen LogP contribution in [0, 0.1) is 0 Å². The van der Waals surface area contributed by atoms with E-state index in [2.05, 4.69) is 194 Å². The van der Waals surface area contributed by atoms with E-state index >= 15 is 0 Å². The second-order valence-corrected chi connectivity index (χ2v) is 32.1. The van der Waals surface area contributed by atoms with E-state index in [-0.39, 0.29) is 0 Å². The summed E-state index contributed by atoms with van der Waals surface area (Å²) < 4.78 is 0. The van der Waals surface area contributed by atoms with Gasteiger partial charge in [0.1, 0.15) is 0 Å². The highest BCUT2D eigenvalue weighted by atomic mass is 14.4. The van der Waals surface area contributed by atoms with E-state index in [1.54, 1.807) is 0 Å². The van der Waals surface area contributed by atoms with Gasteiger partial charge in [0.25, 0.3) is 0 Å². The van der Waals surface area contributed by atoms with E-state index in [0.29, 0.717) is 0 Å². The molecular weight excluding hydrogens is 1200 g/mol. The van der Waals surface area contributed by atoms with Crippen LogP contribution in [0.4, 0.5) is 0 Å². The molecule has 0 fully saturated rings. The number of fused-ring (bicyclic) bond motifs is 9. The lowest BCUT2D eigenvalue weighted by Gasteiger charge is -2.26. The van der Waals surface area contributed by atoms with Crippen LogP contribution in [-0.2, 0) is 0 Å². The molecule has 0 radical (unpaired) electrons. The molecule has 0 saturated carbocycles. The molecule has 0 heterocycles. The zero-order valence-corrected chi connectivity index (χ0v) is 52.5. The van der Waals surface area contributed by atoms with Crippen molar-refractivity contribution in [3.63, 3.8) is 0 Å². The van der Waals surface area contributed by atoms with Gasteiger partial charge in [-0.2, -0.15) is 0 Å². The zero-order valence-electron chi connectivity index (χ0n) is 52.5. The second-order valence-electron chi connectivity index (χ2n) is 32.1. The highest BCUT2D eigenvalue weighted by Gasteiger charge is 2.41. The fourth-order valence-corrected chi connectivity index (χ4v) is 26.7. The van der Waals surface area contributed by atoms with Gasteiger partial charge in [-0.3, -0.25) is 0 Å². The maximum Gasteiger partial charge on any atom is -0.00000189 e. The Labute approximate surface area is 556 Å². The summed E-state index contributed by atoms with van der Waals surface area (Å²) in [4.78, 5) is 0. The summed E-state index contributed by atoms with van der Waals surface area (Å²) in [6, 6.07) is 80.3. The molecule has 0 aliphatic heterocycles. The largest absolute Gasteiger partial charge is 0.0610 e. The lowest BCUT2D eigenvalue weighted by Crippen LogP contribution is -1.97. The normalized spacial score (nSPS) is 14.8. The molecule has 432 valence electrons. The fraction of sp³-hybridized carbons (Fsp3) is 0. The van der Waals surface area contributed by atoms with E-state index < -0.39 is 0 Å². The summed E-state index contributed by atoms with van der Waals surface area (Å²) in [5, 5.41) is 97.0. The fourth-order valence-electron chi connectivity index (χ4n) is 26.7. The van der Waals surface area contributed by atoms with E-state index in [0.717, 1.165) is 0 Å². The maximum atomic E-state index is 2.66. The number of hydrogen-bond donors (Lipinski definition) is 0. The molecule has 0 spiro atoms. The number of hydrogen-bond acceptors (Lipinski definition) is 0. The van der Waals surface area contributed by atoms with Crippen LogP contribution in [0.15, 0.2) is 194 Å². The Morgan fingerprint density at radius 1 is 0.0800 bits per heavy atom. The van der Waals surface area contributed by atoms with Gasteiger partial charge in [-0.05, 0) is 403 Å². The summed E-state index contributed by atoms with van der Waals surface area (Å²) >= 11 is 0. The van der Waals surface area contributed by atoms with Crippen LogP contribution in [0.3, 0.4) is 0 Å². The highest BCUT2D eigenvalue weighted by molar-refractivity contribution is 6.72. The van der Waals surface area contributed by atoms with E-state index in [9.17, 15) is 0 Å². The van der Waals surface area contributed by atoms with E-state index in [1.165, 1.54) is 366 Å². The molecule has 0 heteroatoms. The van der Waals surface area contributed by atoms with Crippen LogP contribution in [0.1, 0.15) is 0 Å². The van der Waals surface area contributed by atoms with Crippen molar-refractivity contribution in [2.45, 2.75) is 0 Å². The molecule has 35 aromatic carbocycles. The van der Waals surface area contributed by atoms with Crippen molar-refractivity contribution >= 4 is 366 Å². The standard InChI is InChI=1S/C100H32/c1-5-33-27-41-15-19-51-65-53-25-26-54-66-52-20-16-42-28-34-6-2-8-38-32-56-44-12-4-10-36-30-40-14-18-46-48-22-24-50-49-23-21-47-45-17-13-39-29-35-9-3-11-43-55-31-37(7-1)57(33)79-77(55)81(59(35)43)85-61(39)67(45)89(95-73(51)63(41)83(79)99(85)95)91-69(47)71(49)93-94-72(50)70(48)92(88(66)98(94)76(54)75(53)97(93)87(65)91)90-68(46)62(40)86-82(60(36)44)78(56)80(58(34)38)84-64(42)74(52)96(90)100(84)86/h1-32H. The third-order valence-electron chi connectivity index (χ3n) is 29.2. The van der Waals surface area contributed by atoms with Crippen LogP contribution >= 0.6 is 0 Å². The molecule has 0 atom stereocenters. The molecule has 0 amide bonds. The van der Waals surface area contributed by atoms with Gasteiger partial charge in [-0.25, -0.2) is 0 Å². The molecule has 35 aromatic rings. The summed E-state index contributed by atoms with van der Waals surface area (Å²) in [6.07, 6.45) is 0. The van der Waals surface area contributed by atoms with Crippen molar-refractivity contribution in [3.05, 3.63) is 194 Å². The van der Waals surface area contributed by atoms with Crippen molar-refractivity contribution < 1.29 is 0 Å². The van der Waals surface area contributed by atoms with Crippen LogP contribution < -0.4 is 0 Å². The number of rotatable bonds is 0. The Morgan fingerprint density at radius 3 is 0.590 bits per heavy atom. The lowest BCUT2D eigenvalue weighted by atomic mass is 9.76. The molecular formula is C100H32. The van der Waals surface area contributed by atoms with Gasteiger partial charge in [0.2, 0.25) is 0 Å². The van der Waals surface area contributed by atoms with Crippen molar-refractivity contribution in [2.75, 3.05) is 0 Å². The van der Waals surface area contributed by atoms with Gasteiger partial charge < -0.3 is 0 Å². The molecule has 0 aliphatic rings. The van der Waals surface area contributed by atoms with E-state index in [1.807, 2.05) is 0 Å². The molecule has 35 rings (SSSR count). The van der Waals surface area contributed by atoms with Crippen LogP contribution in [0.25, 0.3) is 366 Å². The van der Waals surface area contributed by atoms with Crippen molar-refractivity contribution in [1.82, 2.24) is 0 Å². The summed E-state index contributed by atoms with van der Waals surface area (Å²) in [5.74, 6) is 0. The maximum absolute atomic E-state index is 2.66. The van der Waals surface area contributed by atoms with Gasteiger partial charge in [-0.15, -0.1) is 0 Å². The minimum atomic E-state index is 1.33. The predicted octanol–water partition coefficient (Wildman–Crippen LogP) is 29.1. The smallest absolute Gasteiger partial charge is 0.00000189 e. The Kier molecular flexibility index (Phi) is 5.49. The minimum Gasteiger partial charge on any atom is -0.0610 e. The molecule has 0 nitrogen and oxygen atoms in total. The molecule has 0 saturated heterocycles. The van der Waals surface area contributed by atoms with E-state index in [4.69, 9.17) is 0 Å². The van der Waals surface area contributed by atoms with Gasteiger partial charge >= 0.3 is 0 Å². The average Bonchev–Trinajstić information content (AvgIpc) is 1.42. The van der Waals surface area contributed by atoms with Crippen molar-refractivity contribution in [1.29, 1.82) is 0 Å². The lowest BCUT2D eigenvalue weighted by molar-refractivity contribution is 1.87. The molecule has 0 unspecified atom stereocenters. The Balaban J connectivity index is 0.890. The Hall–Kier alpha value is -13.0. The molecule has 0 bridgehead atoms. The SMILES string of the molecule is c1cc2cc3ccc4c5c6ccc7c8c9ccc%10cc%11cccc%12cc%13c%14cccc%15cc%16ccc%17c%18ccc%19c%20ccc%21c%22ccc%23cc%24cccc%25c%26cc(c1)c2c1c%26c(c%24%25)c2c%23c%22c(c%22c%21c%20c%20c(c6c7c6c8c(c%18c%19c6%20)c6c%17c%16c7c(c%15%14)c%13c(c%11%12)c8c%10c9c6c87)c5%22)c5c4c3c1c25. The Bertz CT molecular complexity index is 9550. The first-order chi connectivity index (χ1) is 49.7. The van der Waals surface area contributed by atoms with Gasteiger partial charge in [-0.1, -0.05) is 158 Å². The summed E-state index contributed by atoms with van der Waals surface area (Å²) in [6.45, 7) is 0. The first-order valence-electron chi connectivity index (χ1n) is 36.1. The number of benzene rings is 23. The van der Waals surface area contributed by atoms with Crippen LogP contribution in [0.5, 0.6) is 0 Å². The van der Waals surface area contributed by atoms with Gasteiger partial charge in [0, 0.05) is 0 Å². The Morgan fingerprint density at radius 2 is 0.250 bits per heavy atom. The third-order valence-corrected chi connectivity index (χ3v) is 29.2. The van der Waals surface area contributed by atoms with Gasteiger partial charge in [0.05, 0.1) is 0 Å². The minimum absolute atomic E-state index is 1.33. The van der Waals surface area contributed by atoms with Crippen molar-refractivity contribution in [3.8, 4) is 0 Å².